The number of rotatable bonds is 1. The van der Waals surface area contributed by atoms with E-state index >= 15 is 0 Å². The van der Waals surface area contributed by atoms with Gasteiger partial charge in [-0.25, -0.2) is 9.38 Å². The second-order valence-electron chi connectivity index (χ2n) is 5.51. The van der Waals surface area contributed by atoms with Crippen LogP contribution in [0.5, 0.6) is 0 Å². The summed E-state index contributed by atoms with van der Waals surface area (Å²) in [6.07, 6.45) is 1.93. The van der Waals surface area contributed by atoms with E-state index < -0.39 is 0 Å². The molecule has 3 nitrogen and oxygen atoms in total. The summed E-state index contributed by atoms with van der Waals surface area (Å²) in [5, 5.41) is 0. The van der Waals surface area contributed by atoms with Crippen LogP contribution in [-0.4, -0.2) is 9.38 Å². The lowest BCUT2D eigenvalue weighted by atomic mass is 10.1. The molecular formula is C18H14N2OS. The van der Waals surface area contributed by atoms with Crippen LogP contribution in [0.15, 0.2) is 47.3 Å². The highest BCUT2D eigenvalue weighted by atomic mass is 32.1. The van der Waals surface area contributed by atoms with Gasteiger partial charge in [-0.3, -0.25) is 4.79 Å². The molecule has 0 saturated carbocycles. The highest BCUT2D eigenvalue weighted by molar-refractivity contribution is 7.15. The van der Waals surface area contributed by atoms with Gasteiger partial charge in [0.05, 0.1) is 15.6 Å². The van der Waals surface area contributed by atoms with E-state index in [9.17, 15) is 4.79 Å². The van der Waals surface area contributed by atoms with E-state index in [0.717, 1.165) is 37.2 Å². The van der Waals surface area contributed by atoms with Crippen LogP contribution in [0.2, 0.25) is 0 Å². The van der Waals surface area contributed by atoms with Crippen molar-refractivity contribution in [1.29, 1.82) is 0 Å². The van der Waals surface area contributed by atoms with Gasteiger partial charge in [0.1, 0.15) is 0 Å². The normalized spacial score (nSPS) is 12.5. The maximum absolute atomic E-state index is 12.7. The van der Waals surface area contributed by atoms with Gasteiger partial charge in [0.2, 0.25) is 0 Å². The van der Waals surface area contributed by atoms with E-state index in [-0.39, 0.29) is 5.56 Å². The Morgan fingerprint density at radius 1 is 1.14 bits per heavy atom. The average Bonchev–Trinajstić information content (AvgIpc) is 2.99. The van der Waals surface area contributed by atoms with Crippen LogP contribution in [0, 0.1) is 13.8 Å². The first kappa shape index (κ1) is 13.2. The molecule has 0 N–H and O–H groups in total. The molecule has 2 aromatic heterocycles. The maximum Gasteiger partial charge on any atom is 0.274 e. The number of thiazole rings is 1. The molecule has 0 aliphatic rings. The van der Waals surface area contributed by atoms with E-state index in [2.05, 4.69) is 11.1 Å². The minimum Gasteiger partial charge on any atom is -0.267 e. The Balaban J connectivity index is 2.07. The molecule has 0 aliphatic heterocycles. The fourth-order valence-corrected chi connectivity index (χ4v) is 3.79. The smallest absolute Gasteiger partial charge is 0.267 e. The van der Waals surface area contributed by atoms with Crippen molar-refractivity contribution < 1.29 is 0 Å². The summed E-state index contributed by atoms with van der Waals surface area (Å²) in [5.74, 6) is 0. The van der Waals surface area contributed by atoms with E-state index in [1.165, 1.54) is 11.3 Å². The molecular weight excluding hydrogens is 292 g/mol. The molecule has 0 radical (unpaired) electrons. The zero-order valence-electron chi connectivity index (χ0n) is 12.3. The molecule has 4 heteroatoms. The third-order valence-corrected chi connectivity index (χ3v) is 4.75. The number of hydrogen-bond donors (Lipinski definition) is 0. The second-order valence-corrected chi connectivity index (χ2v) is 6.51. The van der Waals surface area contributed by atoms with Crippen molar-refractivity contribution in [2.45, 2.75) is 13.8 Å². The van der Waals surface area contributed by atoms with E-state index in [1.807, 2.05) is 56.3 Å². The van der Waals surface area contributed by atoms with Crippen LogP contribution in [0.25, 0.3) is 22.1 Å². The lowest BCUT2D eigenvalue weighted by Gasteiger charge is -1.97. The molecule has 0 spiro atoms. The number of benzene rings is 2. The van der Waals surface area contributed by atoms with E-state index in [4.69, 9.17) is 0 Å². The first-order valence-electron chi connectivity index (χ1n) is 7.12. The van der Waals surface area contributed by atoms with Gasteiger partial charge in [-0.05, 0) is 42.7 Å². The Morgan fingerprint density at radius 3 is 2.68 bits per heavy atom. The first-order chi connectivity index (χ1) is 10.6. The van der Waals surface area contributed by atoms with Crippen molar-refractivity contribution in [3.8, 4) is 0 Å². The van der Waals surface area contributed by atoms with Crippen LogP contribution in [-0.2, 0) is 0 Å². The largest absolute Gasteiger partial charge is 0.274 e. The summed E-state index contributed by atoms with van der Waals surface area (Å²) >= 11 is 1.44. The molecule has 2 aromatic carbocycles. The summed E-state index contributed by atoms with van der Waals surface area (Å²) in [5.41, 5.74) is 5.11. The molecule has 108 valence electrons. The molecule has 2 heterocycles. The first-order valence-corrected chi connectivity index (χ1v) is 7.94. The number of aromatic nitrogens is 2. The summed E-state index contributed by atoms with van der Waals surface area (Å²) in [6, 6.07) is 14.0. The van der Waals surface area contributed by atoms with Gasteiger partial charge in [0, 0.05) is 0 Å². The molecule has 22 heavy (non-hydrogen) atoms. The molecule has 4 aromatic rings. The van der Waals surface area contributed by atoms with Crippen molar-refractivity contribution in [2.75, 3.05) is 0 Å². The number of fused-ring (bicyclic) bond motifs is 3. The Bertz CT molecular complexity index is 1110. The molecule has 0 aliphatic carbocycles. The minimum absolute atomic E-state index is 0.0105. The van der Waals surface area contributed by atoms with Crippen molar-refractivity contribution in [3.05, 3.63) is 74.0 Å². The van der Waals surface area contributed by atoms with Crippen molar-refractivity contribution in [3.63, 3.8) is 0 Å². The number of aryl methyl sites for hydroxylation is 2. The fourth-order valence-electron chi connectivity index (χ4n) is 2.81. The molecule has 0 bridgehead atoms. The molecule has 0 amide bonds. The Morgan fingerprint density at radius 2 is 1.91 bits per heavy atom. The van der Waals surface area contributed by atoms with Crippen LogP contribution in [0.4, 0.5) is 0 Å². The zero-order chi connectivity index (χ0) is 15.3. The van der Waals surface area contributed by atoms with Crippen LogP contribution < -0.4 is 10.1 Å². The SMILES string of the molecule is Cc1cc(C)c2nc3sc(=Cc4ccccc4)c(=O)n3c2c1. The van der Waals surface area contributed by atoms with E-state index in [0.29, 0.717) is 0 Å². The predicted molar refractivity (Wildman–Crippen MR) is 91.5 cm³/mol. The standard InChI is InChI=1S/C18H14N2OS/c1-11-8-12(2)16-14(9-11)20-17(21)15(22-18(20)19-16)10-13-6-4-3-5-7-13/h3-10H,1-2H3. The third kappa shape index (κ3) is 1.96. The van der Waals surface area contributed by atoms with Crippen LogP contribution in [0.1, 0.15) is 16.7 Å². The Kier molecular flexibility index (Phi) is 2.87. The second kappa shape index (κ2) is 4.78. The quantitative estimate of drug-likeness (QED) is 0.541. The fraction of sp³-hybridized carbons (Fsp3) is 0.111. The van der Waals surface area contributed by atoms with Gasteiger partial charge in [-0.15, -0.1) is 0 Å². The van der Waals surface area contributed by atoms with Gasteiger partial charge >= 0.3 is 0 Å². The van der Waals surface area contributed by atoms with Gasteiger partial charge in [-0.1, -0.05) is 47.7 Å². The summed E-state index contributed by atoms with van der Waals surface area (Å²) in [7, 11) is 0. The van der Waals surface area contributed by atoms with Crippen LogP contribution >= 0.6 is 11.3 Å². The van der Waals surface area contributed by atoms with Gasteiger partial charge in [-0.2, -0.15) is 0 Å². The molecule has 0 fully saturated rings. The topological polar surface area (TPSA) is 34.4 Å². The van der Waals surface area contributed by atoms with Gasteiger partial charge in [0.15, 0.2) is 4.96 Å². The maximum atomic E-state index is 12.7. The Hall–Kier alpha value is -2.46. The summed E-state index contributed by atoms with van der Waals surface area (Å²) < 4.78 is 2.45. The van der Waals surface area contributed by atoms with Crippen molar-refractivity contribution >= 4 is 33.4 Å². The van der Waals surface area contributed by atoms with Gasteiger partial charge < -0.3 is 0 Å². The summed E-state index contributed by atoms with van der Waals surface area (Å²) in [4.78, 5) is 18.1. The van der Waals surface area contributed by atoms with E-state index in [1.54, 1.807) is 4.40 Å². The highest BCUT2D eigenvalue weighted by Crippen LogP contribution is 2.21. The molecule has 0 unspecified atom stereocenters. The monoisotopic (exact) mass is 306 g/mol. The molecule has 4 rings (SSSR count). The highest BCUT2D eigenvalue weighted by Gasteiger charge is 2.13. The molecule has 0 saturated heterocycles. The Labute approximate surface area is 131 Å². The van der Waals surface area contributed by atoms with Crippen molar-refractivity contribution in [2.24, 2.45) is 0 Å². The lowest BCUT2D eigenvalue weighted by Crippen LogP contribution is -2.22. The predicted octanol–water partition coefficient (Wildman–Crippen LogP) is 3.07. The minimum atomic E-state index is 0.0105. The van der Waals surface area contributed by atoms with Crippen LogP contribution in [0.3, 0.4) is 0 Å². The third-order valence-electron chi connectivity index (χ3n) is 3.78. The number of nitrogens with zero attached hydrogens (tertiary/aromatic N) is 2. The van der Waals surface area contributed by atoms with Gasteiger partial charge in [0.25, 0.3) is 5.56 Å². The molecule has 0 atom stereocenters. The van der Waals surface area contributed by atoms with Crippen molar-refractivity contribution in [1.82, 2.24) is 9.38 Å². The zero-order valence-corrected chi connectivity index (χ0v) is 13.1. The number of hydrogen-bond acceptors (Lipinski definition) is 3. The number of imidazole rings is 1. The summed E-state index contributed by atoms with van der Waals surface area (Å²) in [6.45, 7) is 4.08. The lowest BCUT2D eigenvalue weighted by molar-refractivity contribution is 1.18. The average molecular weight is 306 g/mol.